The Hall–Kier alpha value is -2.51. The van der Waals surface area contributed by atoms with E-state index in [9.17, 15) is 14.4 Å². The van der Waals surface area contributed by atoms with E-state index in [1.807, 2.05) is 6.07 Å². The number of hydrogen-bond acceptors (Lipinski definition) is 5. The van der Waals surface area contributed by atoms with Crippen molar-refractivity contribution >= 4 is 52.5 Å². The summed E-state index contributed by atoms with van der Waals surface area (Å²) in [6.45, 7) is 1.49. The summed E-state index contributed by atoms with van der Waals surface area (Å²) >= 11 is 6.88. The van der Waals surface area contributed by atoms with Gasteiger partial charge in [-0.2, -0.15) is 0 Å². The first-order valence-corrected chi connectivity index (χ1v) is 9.66. The summed E-state index contributed by atoms with van der Waals surface area (Å²) in [5.41, 5.74) is 1.25. The molecule has 0 aromatic heterocycles. The summed E-state index contributed by atoms with van der Waals surface area (Å²) in [7, 11) is 0. The van der Waals surface area contributed by atoms with Gasteiger partial charge in [0.1, 0.15) is 0 Å². The maximum absolute atomic E-state index is 12.0. The van der Waals surface area contributed by atoms with Crippen LogP contribution in [0.25, 0.3) is 0 Å². The minimum Gasteiger partial charge on any atom is -0.452 e. The van der Waals surface area contributed by atoms with E-state index in [4.69, 9.17) is 16.3 Å². The first-order chi connectivity index (χ1) is 12.9. The number of para-hydroxylation sites is 1. The molecule has 27 heavy (non-hydrogen) atoms. The van der Waals surface area contributed by atoms with E-state index in [1.165, 1.54) is 6.92 Å². The second kappa shape index (κ2) is 10.6. The number of amides is 2. The third-order valence-corrected chi connectivity index (χ3v) is 4.46. The standard InChI is InChI=1S/C19H19ClN2O4S/c1-13(19(25)22-15-5-3-2-4-6-15)26-18(24)12-27-11-17(23)21-16-9-7-14(20)8-10-16/h2-10,13H,11-12H2,1H3,(H,21,23)(H,22,25)/t13-/m0/s1. The Kier molecular flexibility index (Phi) is 8.16. The van der Waals surface area contributed by atoms with Crippen LogP contribution in [0.15, 0.2) is 54.6 Å². The minimum absolute atomic E-state index is 0.0308. The number of hydrogen-bond donors (Lipinski definition) is 2. The van der Waals surface area contributed by atoms with Crippen LogP contribution in [-0.4, -0.2) is 35.4 Å². The van der Waals surface area contributed by atoms with Crippen LogP contribution in [-0.2, 0) is 19.1 Å². The molecule has 2 amide bonds. The number of halogens is 1. The summed E-state index contributed by atoms with van der Waals surface area (Å²) < 4.78 is 5.08. The molecule has 0 saturated carbocycles. The zero-order valence-corrected chi connectivity index (χ0v) is 16.2. The average Bonchev–Trinajstić information content (AvgIpc) is 2.64. The Labute approximate surface area is 166 Å². The van der Waals surface area contributed by atoms with Crippen molar-refractivity contribution in [3.63, 3.8) is 0 Å². The third kappa shape index (κ3) is 7.72. The van der Waals surface area contributed by atoms with Crippen LogP contribution in [0.4, 0.5) is 11.4 Å². The van der Waals surface area contributed by atoms with Crippen LogP contribution in [0.2, 0.25) is 5.02 Å². The molecule has 0 aliphatic rings. The second-order valence-corrected chi connectivity index (χ2v) is 6.96. The largest absolute Gasteiger partial charge is 0.452 e. The fourth-order valence-corrected chi connectivity index (χ4v) is 2.73. The SMILES string of the molecule is C[C@H](OC(=O)CSCC(=O)Nc1ccc(Cl)cc1)C(=O)Nc1ccccc1. The van der Waals surface area contributed by atoms with Gasteiger partial charge in [-0.15, -0.1) is 11.8 Å². The van der Waals surface area contributed by atoms with Crippen molar-refractivity contribution in [1.82, 2.24) is 0 Å². The van der Waals surface area contributed by atoms with Crippen molar-refractivity contribution in [2.24, 2.45) is 0 Å². The smallest absolute Gasteiger partial charge is 0.316 e. The zero-order chi connectivity index (χ0) is 19.6. The van der Waals surface area contributed by atoms with E-state index < -0.39 is 18.0 Å². The molecule has 0 saturated heterocycles. The zero-order valence-electron chi connectivity index (χ0n) is 14.6. The Morgan fingerprint density at radius 3 is 2.26 bits per heavy atom. The molecule has 2 aromatic carbocycles. The molecule has 142 valence electrons. The topological polar surface area (TPSA) is 84.5 Å². The number of nitrogens with one attached hydrogen (secondary N) is 2. The lowest BCUT2D eigenvalue weighted by Crippen LogP contribution is -2.30. The molecule has 2 rings (SSSR count). The first-order valence-electron chi connectivity index (χ1n) is 8.12. The van der Waals surface area contributed by atoms with Crippen LogP contribution >= 0.6 is 23.4 Å². The molecule has 0 radical (unpaired) electrons. The van der Waals surface area contributed by atoms with Gasteiger partial charge in [0.15, 0.2) is 6.10 Å². The van der Waals surface area contributed by atoms with Crippen LogP contribution in [0.5, 0.6) is 0 Å². The molecule has 0 heterocycles. The van der Waals surface area contributed by atoms with E-state index in [1.54, 1.807) is 48.5 Å². The highest BCUT2D eigenvalue weighted by Gasteiger charge is 2.18. The molecule has 2 aromatic rings. The predicted molar refractivity (Wildman–Crippen MR) is 108 cm³/mol. The van der Waals surface area contributed by atoms with Crippen molar-refractivity contribution in [2.75, 3.05) is 22.1 Å². The highest BCUT2D eigenvalue weighted by atomic mass is 35.5. The van der Waals surface area contributed by atoms with Gasteiger partial charge in [0.05, 0.1) is 11.5 Å². The van der Waals surface area contributed by atoms with Crippen molar-refractivity contribution in [3.8, 4) is 0 Å². The Bertz CT molecular complexity index is 784. The Morgan fingerprint density at radius 1 is 0.963 bits per heavy atom. The minimum atomic E-state index is -0.929. The maximum atomic E-state index is 12.0. The summed E-state index contributed by atoms with van der Waals surface area (Å²) in [6, 6.07) is 15.6. The summed E-state index contributed by atoms with van der Waals surface area (Å²) in [5.74, 6) is -1.17. The molecule has 2 N–H and O–H groups in total. The van der Waals surface area contributed by atoms with Crippen molar-refractivity contribution in [2.45, 2.75) is 13.0 Å². The number of benzene rings is 2. The van der Waals surface area contributed by atoms with Crippen molar-refractivity contribution in [1.29, 1.82) is 0 Å². The van der Waals surface area contributed by atoms with Crippen molar-refractivity contribution < 1.29 is 19.1 Å². The lowest BCUT2D eigenvalue weighted by molar-refractivity contribution is -0.150. The van der Waals surface area contributed by atoms with Crippen LogP contribution in [0, 0.1) is 0 Å². The van der Waals surface area contributed by atoms with Crippen molar-refractivity contribution in [3.05, 3.63) is 59.6 Å². The quantitative estimate of drug-likeness (QED) is 0.654. The van der Waals surface area contributed by atoms with Gasteiger partial charge in [-0.3, -0.25) is 14.4 Å². The first kappa shape index (κ1) is 20.8. The summed E-state index contributed by atoms with van der Waals surface area (Å²) in [4.78, 5) is 35.6. The highest BCUT2D eigenvalue weighted by Crippen LogP contribution is 2.14. The molecule has 0 unspecified atom stereocenters. The van der Waals surface area contributed by atoms with E-state index in [0.717, 1.165) is 11.8 Å². The second-order valence-electron chi connectivity index (χ2n) is 5.54. The number of esters is 1. The molecule has 0 bridgehead atoms. The Morgan fingerprint density at radius 2 is 1.59 bits per heavy atom. The van der Waals surface area contributed by atoms with Gasteiger partial charge in [-0.1, -0.05) is 29.8 Å². The Balaban J connectivity index is 1.66. The van der Waals surface area contributed by atoms with Crippen LogP contribution < -0.4 is 10.6 Å². The molecule has 0 spiro atoms. The molecule has 8 heteroatoms. The number of ether oxygens (including phenoxy) is 1. The molecule has 6 nitrogen and oxygen atoms in total. The van der Waals surface area contributed by atoms with Gasteiger partial charge in [0, 0.05) is 16.4 Å². The molecular formula is C19H19ClN2O4S. The van der Waals surface area contributed by atoms with E-state index in [0.29, 0.717) is 16.4 Å². The lowest BCUT2D eigenvalue weighted by atomic mass is 10.3. The number of carbonyl (C=O) groups excluding carboxylic acids is 3. The van der Waals surface area contributed by atoms with Gasteiger partial charge in [-0.05, 0) is 43.3 Å². The molecular weight excluding hydrogens is 388 g/mol. The average molecular weight is 407 g/mol. The molecule has 0 aliphatic heterocycles. The van der Waals surface area contributed by atoms with E-state index in [-0.39, 0.29) is 17.4 Å². The third-order valence-electron chi connectivity index (χ3n) is 3.30. The summed E-state index contributed by atoms with van der Waals surface area (Å²) in [6.07, 6.45) is -0.929. The normalized spacial score (nSPS) is 11.3. The van der Waals surface area contributed by atoms with Crippen LogP contribution in [0.3, 0.4) is 0 Å². The number of carbonyl (C=O) groups is 3. The molecule has 0 aliphatic carbocycles. The molecule has 1 atom stereocenters. The number of rotatable bonds is 8. The van der Waals surface area contributed by atoms with Gasteiger partial charge in [-0.25, -0.2) is 0 Å². The fraction of sp³-hybridized carbons (Fsp3) is 0.211. The predicted octanol–water partition coefficient (Wildman–Crippen LogP) is 3.58. The number of thioether (sulfide) groups is 1. The maximum Gasteiger partial charge on any atom is 0.316 e. The monoisotopic (exact) mass is 406 g/mol. The fourth-order valence-electron chi connectivity index (χ4n) is 2.01. The lowest BCUT2D eigenvalue weighted by Gasteiger charge is -2.13. The van der Waals surface area contributed by atoms with Gasteiger partial charge in [0.2, 0.25) is 5.91 Å². The van der Waals surface area contributed by atoms with Gasteiger partial charge < -0.3 is 15.4 Å². The summed E-state index contributed by atoms with van der Waals surface area (Å²) in [5, 5.41) is 5.93. The van der Waals surface area contributed by atoms with E-state index >= 15 is 0 Å². The number of anilines is 2. The molecule has 0 fully saturated rings. The van der Waals surface area contributed by atoms with Crippen LogP contribution in [0.1, 0.15) is 6.92 Å². The van der Waals surface area contributed by atoms with E-state index in [2.05, 4.69) is 10.6 Å². The highest BCUT2D eigenvalue weighted by molar-refractivity contribution is 8.00. The van der Waals surface area contributed by atoms with Gasteiger partial charge >= 0.3 is 5.97 Å². The van der Waals surface area contributed by atoms with Gasteiger partial charge in [0.25, 0.3) is 5.91 Å².